The molecule has 0 bridgehead atoms. The van der Waals surface area contributed by atoms with Gasteiger partial charge in [-0.15, -0.1) is 11.8 Å². The van der Waals surface area contributed by atoms with Crippen LogP contribution in [-0.4, -0.2) is 35.5 Å². The van der Waals surface area contributed by atoms with Crippen LogP contribution in [0.1, 0.15) is 27.6 Å². The van der Waals surface area contributed by atoms with Gasteiger partial charge in [-0.25, -0.2) is 0 Å². The van der Waals surface area contributed by atoms with E-state index in [9.17, 15) is 19.5 Å². The number of hydrogen-bond acceptors (Lipinski definition) is 6. The summed E-state index contributed by atoms with van der Waals surface area (Å²) < 4.78 is 4.50. The van der Waals surface area contributed by atoms with Gasteiger partial charge in [-0.1, -0.05) is 12.1 Å². The zero-order valence-corrected chi connectivity index (χ0v) is 11.7. The van der Waals surface area contributed by atoms with Crippen molar-refractivity contribution in [3.05, 3.63) is 39.8 Å². The van der Waals surface area contributed by atoms with E-state index in [1.807, 2.05) is 0 Å². The van der Waals surface area contributed by atoms with Crippen LogP contribution >= 0.6 is 11.8 Å². The van der Waals surface area contributed by atoms with E-state index in [4.69, 9.17) is 0 Å². The maximum absolute atomic E-state index is 12.4. The largest absolute Gasteiger partial charge is 0.507 e. The molecule has 1 N–H and O–H groups in total. The van der Waals surface area contributed by atoms with Crippen molar-refractivity contribution in [3.8, 4) is 5.75 Å². The number of hydrogen-bond donors (Lipinski definition) is 1. The van der Waals surface area contributed by atoms with Crippen molar-refractivity contribution in [2.45, 2.75) is 6.92 Å². The minimum absolute atomic E-state index is 0.00420. The van der Waals surface area contributed by atoms with Crippen LogP contribution in [0.2, 0.25) is 0 Å². The van der Waals surface area contributed by atoms with E-state index in [0.29, 0.717) is 0 Å². The fourth-order valence-corrected chi connectivity index (χ4v) is 2.84. The van der Waals surface area contributed by atoms with Crippen molar-refractivity contribution in [1.29, 1.82) is 0 Å². The van der Waals surface area contributed by atoms with Crippen LogP contribution in [0.25, 0.3) is 0 Å². The van der Waals surface area contributed by atoms with Crippen molar-refractivity contribution < 1.29 is 24.2 Å². The average molecular weight is 292 g/mol. The summed E-state index contributed by atoms with van der Waals surface area (Å²) in [5.41, 5.74) is 0.465. The third-order valence-corrected chi connectivity index (χ3v) is 4.12. The van der Waals surface area contributed by atoms with E-state index in [1.165, 1.54) is 32.2 Å². The van der Waals surface area contributed by atoms with Gasteiger partial charge < -0.3 is 9.84 Å². The number of carbonyl (C=O) groups excluding carboxylic acids is 3. The predicted octanol–water partition coefficient (Wildman–Crippen LogP) is 1.95. The van der Waals surface area contributed by atoms with Crippen LogP contribution in [0.3, 0.4) is 0 Å². The third-order valence-electron chi connectivity index (χ3n) is 2.96. The van der Waals surface area contributed by atoms with Crippen molar-refractivity contribution in [3.63, 3.8) is 0 Å². The Morgan fingerprint density at radius 2 is 2.00 bits per heavy atom. The number of phenolic OH excluding ortho intramolecular Hbond substituents is 1. The number of aromatic hydroxyl groups is 1. The molecule has 1 aromatic rings. The van der Waals surface area contributed by atoms with E-state index in [0.717, 1.165) is 11.8 Å². The third kappa shape index (κ3) is 2.34. The van der Waals surface area contributed by atoms with E-state index in [2.05, 4.69) is 4.74 Å². The minimum Gasteiger partial charge on any atom is -0.507 e. The number of benzene rings is 1. The molecule has 0 spiro atoms. The number of allylic oxidation sites excluding steroid dienone is 2. The summed E-state index contributed by atoms with van der Waals surface area (Å²) in [7, 11) is 1.25. The maximum Gasteiger partial charge on any atom is 0.315 e. The van der Waals surface area contributed by atoms with Gasteiger partial charge in [-0.3, -0.25) is 14.4 Å². The first-order valence-electron chi connectivity index (χ1n) is 5.79. The Morgan fingerprint density at radius 3 is 2.65 bits per heavy atom. The average Bonchev–Trinajstić information content (AvgIpc) is 2.44. The molecule has 0 saturated heterocycles. The summed E-state index contributed by atoms with van der Waals surface area (Å²) in [6, 6.07) is 4.37. The molecule has 104 valence electrons. The van der Waals surface area contributed by atoms with Crippen molar-refractivity contribution >= 4 is 29.3 Å². The summed E-state index contributed by atoms with van der Waals surface area (Å²) >= 11 is 0.946. The number of esters is 1. The van der Waals surface area contributed by atoms with Crippen LogP contribution in [0.4, 0.5) is 0 Å². The molecule has 0 amide bonds. The van der Waals surface area contributed by atoms with Crippen LogP contribution < -0.4 is 0 Å². The highest BCUT2D eigenvalue weighted by atomic mass is 32.2. The highest BCUT2D eigenvalue weighted by molar-refractivity contribution is 8.04. The second kappa shape index (κ2) is 5.50. The number of ketones is 2. The molecule has 1 aliphatic rings. The topological polar surface area (TPSA) is 80.7 Å². The molecule has 2 rings (SSSR count). The van der Waals surface area contributed by atoms with Gasteiger partial charge >= 0.3 is 5.97 Å². The standard InChI is InChI=1S/C14H12O5S/c1-7-12(17)8-4-3-5-9(15)11(8)13(18)14(7)20-6-10(16)19-2/h3-5,15H,6H2,1-2H3. The fourth-order valence-electron chi connectivity index (χ4n) is 1.92. The maximum atomic E-state index is 12.4. The molecule has 0 saturated carbocycles. The molecule has 0 aliphatic heterocycles. The van der Waals surface area contributed by atoms with Crippen molar-refractivity contribution in [2.24, 2.45) is 0 Å². The van der Waals surface area contributed by atoms with Crippen LogP contribution in [0.15, 0.2) is 28.7 Å². The molecular formula is C14H12O5S. The van der Waals surface area contributed by atoms with E-state index < -0.39 is 11.8 Å². The molecule has 1 aromatic carbocycles. The predicted molar refractivity (Wildman–Crippen MR) is 73.9 cm³/mol. The molecule has 0 fully saturated rings. The minimum atomic E-state index is -0.487. The second-order valence-corrected chi connectivity index (χ2v) is 5.16. The highest BCUT2D eigenvalue weighted by Crippen LogP contribution is 2.36. The number of thioether (sulfide) groups is 1. The number of fused-ring (bicyclic) bond motifs is 1. The zero-order valence-electron chi connectivity index (χ0n) is 10.9. The lowest BCUT2D eigenvalue weighted by Crippen LogP contribution is -2.20. The van der Waals surface area contributed by atoms with Gasteiger partial charge in [0.2, 0.25) is 5.78 Å². The monoisotopic (exact) mass is 292 g/mol. The summed E-state index contributed by atoms with van der Waals surface area (Å²) in [5.74, 6) is -1.54. The van der Waals surface area contributed by atoms with Gasteiger partial charge in [0.05, 0.1) is 23.3 Å². The molecule has 0 aromatic heterocycles. The van der Waals surface area contributed by atoms with Gasteiger partial charge in [0, 0.05) is 11.1 Å². The first kappa shape index (κ1) is 14.3. The summed E-state index contributed by atoms with van der Waals surface area (Å²) in [5, 5.41) is 9.78. The van der Waals surface area contributed by atoms with Gasteiger partial charge in [-0.2, -0.15) is 0 Å². The number of methoxy groups -OCH3 is 1. The van der Waals surface area contributed by atoms with Crippen molar-refractivity contribution in [1.82, 2.24) is 0 Å². The molecule has 5 nitrogen and oxygen atoms in total. The Hall–Kier alpha value is -2.08. The molecular weight excluding hydrogens is 280 g/mol. The van der Waals surface area contributed by atoms with Gasteiger partial charge in [0.15, 0.2) is 5.78 Å². The molecule has 0 heterocycles. The molecule has 0 unspecified atom stereocenters. The number of phenols is 1. The number of ether oxygens (including phenoxy) is 1. The molecule has 0 atom stereocenters. The zero-order chi connectivity index (χ0) is 14.9. The lowest BCUT2D eigenvalue weighted by molar-refractivity contribution is -0.137. The van der Waals surface area contributed by atoms with Crippen LogP contribution in [0.5, 0.6) is 5.75 Å². The molecule has 20 heavy (non-hydrogen) atoms. The summed E-state index contributed by atoms with van der Waals surface area (Å²) in [6.07, 6.45) is 0. The quantitative estimate of drug-likeness (QED) is 0.858. The molecule has 6 heteroatoms. The molecule has 0 radical (unpaired) electrons. The Balaban J connectivity index is 2.42. The van der Waals surface area contributed by atoms with Crippen molar-refractivity contribution in [2.75, 3.05) is 12.9 Å². The number of Topliss-reactive ketones (excluding diaryl/α,β-unsaturated/α-hetero) is 2. The van der Waals surface area contributed by atoms with Crippen LogP contribution in [-0.2, 0) is 9.53 Å². The lowest BCUT2D eigenvalue weighted by atomic mass is 9.89. The Morgan fingerprint density at radius 1 is 1.30 bits per heavy atom. The number of rotatable bonds is 3. The smallest absolute Gasteiger partial charge is 0.315 e. The Bertz CT molecular complexity index is 645. The first-order valence-corrected chi connectivity index (χ1v) is 6.77. The highest BCUT2D eigenvalue weighted by Gasteiger charge is 2.32. The van der Waals surface area contributed by atoms with Gasteiger partial charge in [0.1, 0.15) is 5.75 Å². The fraction of sp³-hybridized carbons (Fsp3) is 0.214. The first-order chi connectivity index (χ1) is 9.47. The van der Waals surface area contributed by atoms with Gasteiger partial charge in [0.25, 0.3) is 0 Å². The van der Waals surface area contributed by atoms with Crippen LogP contribution in [0, 0.1) is 0 Å². The SMILES string of the molecule is COC(=O)CSC1=C(C)C(=O)c2cccc(O)c2C1=O. The van der Waals surface area contributed by atoms with E-state index in [-0.39, 0.29) is 38.9 Å². The molecule has 1 aliphatic carbocycles. The Labute approximate surface area is 119 Å². The second-order valence-electron chi connectivity index (χ2n) is 4.18. The summed E-state index contributed by atoms with van der Waals surface area (Å²) in [4.78, 5) is 35.9. The van der Waals surface area contributed by atoms with E-state index in [1.54, 1.807) is 0 Å². The number of carbonyl (C=O) groups is 3. The lowest BCUT2D eigenvalue weighted by Gasteiger charge is -2.19. The van der Waals surface area contributed by atoms with Gasteiger partial charge in [-0.05, 0) is 13.0 Å². The van der Waals surface area contributed by atoms with E-state index >= 15 is 0 Å². The normalized spacial score (nSPS) is 14.3. The summed E-state index contributed by atoms with van der Waals surface area (Å²) in [6.45, 7) is 1.53. The Kier molecular flexibility index (Phi) is 3.94.